The van der Waals surface area contributed by atoms with Crippen molar-refractivity contribution in [2.75, 3.05) is 5.32 Å². The highest BCUT2D eigenvalue weighted by atomic mass is 127. The van der Waals surface area contributed by atoms with Crippen LogP contribution in [0.4, 0.5) is 5.69 Å². The van der Waals surface area contributed by atoms with Crippen molar-refractivity contribution >= 4 is 86.2 Å². The lowest BCUT2D eigenvalue weighted by molar-refractivity contribution is -0.111. The molecule has 0 saturated heterocycles. The molecule has 3 aromatic carbocycles. The van der Waals surface area contributed by atoms with Crippen molar-refractivity contribution < 1.29 is 13.6 Å². The van der Waals surface area contributed by atoms with Gasteiger partial charge in [0.05, 0.1) is 20.6 Å². The second-order valence-electron chi connectivity index (χ2n) is 7.45. The van der Waals surface area contributed by atoms with Gasteiger partial charge in [-0.25, -0.2) is 4.98 Å². The number of halogens is 4. The predicted molar refractivity (Wildman–Crippen MR) is 149 cm³/mol. The number of hydrogen-bond donors (Lipinski definition) is 1. The molecule has 1 amide bonds. The van der Waals surface area contributed by atoms with Crippen molar-refractivity contribution in [2.45, 2.75) is 0 Å². The molecule has 0 radical (unpaired) electrons. The van der Waals surface area contributed by atoms with Crippen LogP contribution in [0.15, 0.2) is 81.6 Å². The maximum Gasteiger partial charge on any atom is 0.248 e. The third kappa shape index (κ3) is 5.26. The number of hydrogen-bond acceptors (Lipinski definition) is 4. The summed E-state index contributed by atoms with van der Waals surface area (Å²) in [5.74, 6) is 1.14. The summed E-state index contributed by atoms with van der Waals surface area (Å²) in [7, 11) is 0. The number of amides is 1. The van der Waals surface area contributed by atoms with Gasteiger partial charge in [0, 0.05) is 20.9 Å². The van der Waals surface area contributed by atoms with Crippen LogP contribution in [-0.2, 0) is 4.79 Å². The molecule has 0 unspecified atom stereocenters. The minimum atomic E-state index is -0.326. The van der Waals surface area contributed by atoms with E-state index in [9.17, 15) is 4.79 Å². The molecule has 2 heterocycles. The molecule has 5 aromatic rings. The van der Waals surface area contributed by atoms with Gasteiger partial charge in [0.25, 0.3) is 0 Å². The van der Waals surface area contributed by atoms with Gasteiger partial charge in [0.1, 0.15) is 17.0 Å². The third-order valence-electron chi connectivity index (χ3n) is 5.06. The van der Waals surface area contributed by atoms with Crippen molar-refractivity contribution in [3.63, 3.8) is 0 Å². The van der Waals surface area contributed by atoms with Crippen LogP contribution in [0.2, 0.25) is 15.1 Å². The number of fused-ring (bicyclic) bond motifs is 1. The quantitative estimate of drug-likeness (QED) is 0.155. The Balaban J connectivity index is 1.30. The zero-order valence-corrected chi connectivity index (χ0v) is 22.1. The highest BCUT2D eigenvalue weighted by Crippen LogP contribution is 2.35. The number of furan rings is 1. The largest absolute Gasteiger partial charge is 0.457 e. The normalized spacial score (nSPS) is 11.4. The summed E-state index contributed by atoms with van der Waals surface area (Å²) < 4.78 is 12.7. The van der Waals surface area contributed by atoms with E-state index in [1.165, 1.54) is 6.08 Å². The summed E-state index contributed by atoms with van der Waals surface area (Å²) in [4.78, 5) is 17.0. The minimum Gasteiger partial charge on any atom is -0.457 e. The highest BCUT2D eigenvalue weighted by molar-refractivity contribution is 14.1. The summed E-state index contributed by atoms with van der Waals surface area (Å²) in [6.45, 7) is 0. The van der Waals surface area contributed by atoms with E-state index in [0.717, 1.165) is 3.57 Å². The first-order chi connectivity index (χ1) is 16.9. The molecule has 0 spiro atoms. The molecule has 0 fully saturated rings. The molecule has 0 atom stereocenters. The molecule has 5 rings (SSSR count). The van der Waals surface area contributed by atoms with Crippen molar-refractivity contribution in [3.05, 3.63) is 97.2 Å². The van der Waals surface area contributed by atoms with Gasteiger partial charge < -0.3 is 14.2 Å². The van der Waals surface area contributed by atoms with E-state index in [4.69, 9.17) is 43.6 Å². The average molecular weight is 636 g/mol. The summed E-state index contributed by atoms with van der Waals surface area (Å²) >= 11 is 20.8. The van der Waals surface area contributed by atoms with E-state index in [1.807, 2.05) is 18.2 Å². The van der Waals surface area contributed by atoms with E-state index < -0.39 is 0 Å². The summed E-state index contributed by atoms with van der Waals surface area (Å²) in [5.41, 5.74) is 3.15. The Morgan fingerprint density at radius 1 is 0.914 bits per heavy atom. The number of rotatable bonds is 5. The molecule has 174 valence electrons. The Morgan fingerprint density at radius 3 is 2.63 bits per heavy atom. The van der Waals surface area contributed by atoms with Crippen LogP contribution in [0.5, 0.6) is 0 Å². The Kier molecular flexibility index (Phi) is 6.88. The molecule has 5 nitrogen and oxygen atoms in total. The molecule has 9 heteroatoms. The fourth-order valence-electron chi connectivity index (χ4n) is 3.40. The smallest absolute Gasteiger partial charge is 0.248 e. The number of anilines is 1. The van der Waals surface area contributed by atoms with E-state index in [0.29, 0.717) is 60.4 Å². The molecule has 0 aliphatic carbocycles. The highest BCUT2D eigenvalue weighted by Gasteiger charge is 2.13. The average Bonchev–Trinajstić information content (AvgIpc) is 3.48. The standard InChI is InChI=1S/C26H14Cl3IN2O3/c27-19-8-4-14(30)12-18(19)26-32-21-13-15(5-9-23(21)35-26)31-24(33)11-7-16-6-10-22(34-16)17-2-1-3-20(28)25(17)29/h1-13H,(H,31,33). The zero-order chi connectivity index (χ0) is 24.5. The van der Waals surface area contributed by atoms with Gasteiger partial charge in [-0.05, 0) is 89.3 Å². The van der Waals surface area contributed by atoms with Gasteiger partial charge in [-0.15, -0.1) is 0 Å². The lowest BCUT2D eigenvalue weighted by Gasteiger charge is -2.02. The third-order valence-corrected chi connectivity index (χ3v) is 6.88. The van der Waals surface area contributed by atoms with Crippen molar-refractivity contribution in [1.82, 2.24) is 4.98 Å². The lowest BCUT2D eigenvalue weighted by Crippen LogP contribution is -2.07. The van der Waals surface area contributed by atoms with Crippen LogP contribution in [0.25, 0.3) is 40.0 Å². The molecular weight excluding hydrogens is 622 g/mol. The Morgan fingerprint density at radius 2 is 1.77 bits per heavy atom. The monoisotopic (exact) mass is 634 g/mol. The number of carbonyl (C=O) groups excluding carboxylic acids is 1. The first kappa shape index (κ1) is 23.9. The molecule has 35 heavy (non-hydrogen) atoms. The SMILES string of the molecule is O=C(C=Cc1ccc(-c2cccc(Cl)c2Cl)o1)Nc1ccc2oc(-c3cc(I)ccc3Cl)nc2c1. The van der Waals surface area contributed by atoms with Crippen LogP contribution in [0.1, 0.15) is 5.76 Å². The minimum absolute atomic E-state index is 0.326. The van der Waals surface area contributed by atoms with Crippen molar-refractivity contribution in [2.24, 2.45) is 0 Å². The van der Waals surface area contributed by atoms with Crippen molar-refractivity contribution in [3.8, 4) is 22.8 Å². The van der Waals surface area contributed by atoms with E-state index in [2.05, 4.69) is 32.9 Å². The number of oxazole rings is 1. The van der Waals surface area contributed by atoms with Crippen LogP contribution in [-0.4, -0.2) is 10.9 Å². The number of nitrogens with zero attached hydrogens (tertiary/aromatic N) is 1. The number of nitrogens with one attached hydrogen (secondary N) is 1. The van der Waals surface area contributed by atoms with Gasteiger partial charge in [-0.2, -0.15) is 0 Å². The molecule has 1 N–H and O–H groups in total. The van der Waals surface area contributed by atoms with Gasteiger partial charge in [0.2, 0.25) is 11.8 Å². The van der Waals surface area contributed by atoms with Crippen LogP contribution in [0, 0.1) is 3.57 Å². The second kappa shape index (κ2) is 10.1. The Labute approximate surface area is 228 Å². The first-order valence-corrected chi connectivity index (χ1v) is 12.5. The molecule has 0 bridgehead atoms. The maximum atomic E-state index is 12.5. The molecule has 0 aliphatic rings. The van der Waals surface area contributed by atoms with E-state index in [-0.39, 0.29) is 5.91 Å². The second-order valence-corrected chi connectivity index (χ2v) is 9.89. The lowest BCUT2D eigenvalue weighted by atomic mass is 10.2. The summed E-state index contributed by atoms with van der Waals surface area (Å²) in [6.07, 6.45) is 2.95. The fourth-order valence-corrected chi connectivity index (χ4v) is 4.49. The number of aromatic nitrogens is 1. The summed E-state index contributed by atoms with van der Waals surface area (Å²) in [6, 6.07) is 19.7. The molecule has 0 saturated carbocycles. The zero-order valence-electron chi connectivity index (χ0n) is 17.7. The molecule has 0 aliphatic heterocycles. The van der Waals surface area contributed by atoms with Crippen LogP contribution >= 0.6 is 57.4 Å². The summed E-state index contributed by atoms with van der Waals surface area (Å²) in [5, 5.41) is 4.21. The van der Waals surface area contributed by atoms with E-state index in [1.54, 1.807) is 54.6 Å². The van der Waals surface area contributed by atoms with Gasteiger partial charge in [-0.1, -0.05) is 40.9 Å². The van der Waals surface area contributed by atoms with Crippen LogP contribution < -0.4 is 5.32 Å². The number of benzene rings is 3. The van der Waals surface area contributed by atoms with E-state index >= 15 is 0 Å². The molecular formula is C26H14Cl3IN2O3. The van der Waals surface area contributed by atoms with Gasteiger partial charge >= 0.3 is 0 Å². The fraction of sp³-hybridized carbons (Fsp3) is 0. The van der Waals surface area contributed by atoms with Gasteiger partial charge in [0.15, 0.2) is 5.58 Å². The Bertz CT molecular complexity index is 1610. The topological polar surface area (TPSA) is 68.3 Å². The number of carbonyl (C=O) groups is 1. The predicted octanol–water partition coefficient (Wildman–Crippen LogP) is 8.97. The maximum absolute atomic E-state index is 12.5. The van der Waals surface area contributed by atoms with Gasteiger partial charge in [-0.3, -0.25) is 4.79 Å². The van der Waals surface area contributed by atoms with Crippen molar-refractivity contribution in [1.29, 1.82) is 0 Å². The molecule has 2 aromatic heterocycles. The van der Waals surface area contributed by atoms with Crippen LogP contribution in [0.3, 0.4) is 0 Å². The Hall–Kier alpha value is -2.78. The first-order valence-electron chi connectivity index (χ1n) is 10.3.